The fraction of sp³-hybridized carbons (Fsp3) is 0.636. The Morgan fingerprint density at radius 2 is 0.741 bits per heavy atom. The Morgan fingerprint density at radius 3 is 0.778 bits per heavy atom. The van der Waals surface area contributed by atoms with E-state index in [9.17, 15) is 70.2 Å². The van der Waals surface area contributed by atoms with Gasteiger partial charge in [0.15, 0.2) is 11.4 Å². The SMILES string of the molecule is C/C(F)=C(\F)C(F)(C(F)(F)F)C(F)(F)F.CC(F)=C(C(F)(F)F)C(F)(F)F. The minimum atomic E-state index is -6.62. The zero-order valence-electron chi connectivity index (χ0n) is 12.5. The van der Waals surface area contributed by atoms with E-state index >= 15 is 0 Å². The maximum absolute atomic E-state index is 12.5. The second-order valence-electron chi connectivity index (χ2n) is 4.41. The molecule has 0 N–H and O–H groups in total. The van der Waals surface area contributed by atoms with E-state index < -0.39 is 53.4 Å². The molecule has 0 aromatic rings. The molecule has 0 radical (unpaired) electrons. The van der Waals surface area contributed by atoms with Crippen LogP contribution in [0.15, 0.2) is 23.1 Å². The lowest BCUT2D eigenvalue weighted by Gasteiger charge is -2.28. The zero-order chi connectivity index (χ0) is 22.8. The minimum Gasteiger partial charge on any atom is -0.215 e. The second-order valence-corrected chi connectivity index (χ2v) is 4.41. The molecule has 0 aromatic heterocycles. The average Bonchev–Trinajstić information content (AvgIpc) is 2.29. The highest BCUT2D eigenvalue weighted by molar-refractivity contribution is 5.20. The lowest BCUT2D eigenvalue weighted by molar-refractivity contribution is -0.331. The van der Waals surface area contributed by atoms with E-state index in [0.29, 0.717) is 0 Å². The Kier molecular flexibility index (Phi) is 8.34. The van der Waals surface area contributed by atoms with Gasteiger partial charge in [-0.05, 0) is 13.8 Å². The van der Waals surface area contributed by atoms with Gasteiger partial charge in [0.2, 0.25) is 0 Å². The molecule has 0 aliphatic carbocycles. The summed E-state index contributed by atoms with van der Waals surface area (Å²) < 4.78 is 187. The van der Waals surface area contributed by atoms with E-state index in [1.807, 2.05) is 0 Å². The van der Waals surface area contributed by atoms with Crippen LogP contribution in [0.5, 0.6) is 0 Å². The molecular formula is C11H6F16. The summed E-state index contributed by atoms with van der Waals surface area (Å²) in [6.07, 6.45) is -24.6. The lowest BCUT2D eigenvalue weighted by Crippen LogP contribution is -2.54. The Bertz CT molecular complexity index is 525. The van der Waals surface area contributed by atoms with Crippen molar-refractivity contribution < 1.29 is 70.2 Å². The van der Waals surface area contributed by atoms with Crippen LogP contribution in [0, 0.1) is 0 Å². The summed E-state index contributed by atoms with van der Waals surface area (Å²) in [6, 6.07) is 0. The molecule has 0 atom stereocenters. The Balaban J connectivity index is 0. The van der Waals surface area contributed by atoms with Crippen LogP contribution < -0.4 is 0 Å². The molecule has 0 fully saturated rings. The summed E-state index contributed by atoms with van der Waals surface area (Å²) in [6.45, 7) is 0.0530. The molecule has 0 saturated carbocycles. The van der Waals surface area contributed by atoms with Crippen molar-refractivity contribution >= 4 is 0 Å². The third-order valence-electron chi connectivity index (χ3n) is 2.30. The van der Waals surface area contributed by atoms with E-state index in [-0.39, 0.29) is 13.8 Å². The predicted octanol–water partition coefficient (Wildman–Crippen LogP) is 7.34. The highest BCUT2D eigenvalue weighted by Crippen LogP contribution is 2.51. The molecule has 0 heterocycles. The third-order valence-corrected chi connectivity index (χ3v) is 2.30. The van der Waals surface area contributed by atoms with Crippen molar-refractivity contribution in [2.24, 2.45) is 0 Å². The maximum Gasteiger partial charge on any atom is 0.438 e. The standard InChI is InChI=1S/C6H3F9.C5H3F7/c1-2(7)3(8)4(9,5(10,11)12)6(13,14)15;1-2(6)3(4(7,8)9)5(10,11)12/h1H3;1H3/b3-2+;. The average molecular weight is 442 g/mol. The summed E-state index contributed by atoms with van der Waals surface area (Å²) in [7, 11) is 0. The number of halogens is 16. The van der Waals surface area contributed by atoms with Gasteiger partial charge >= 0.3 is 30.4 Å². The summed E-state index contributed by atoms with van der Waals surface area (Å²) in [5.74, 6) is -8.34. The molecule has 0 aromatic carbocycles. The molecule has 0 nitrogen and oxygen atoms in total. The first-order chi connectivity index (χ1) is 11.4. The predicted molar refractivity (Wildman–Crippen MR) is 56.8 cm³/mol. The van der Waals surface area contributed by atoms with Gasteiger partial charge < -0.3 is 0 Å². The van der Waals surface area contributed by atoms with Gasteiger partial charge in [0.25, 0.3) is 0 Å². The fourth-order valence-corrected chi connectivity index (χ4v) is 1.20. The minimum absolute atomic E-state index is 0.0544. The van der Waals surface area contributed by atoms with Crippen LogP contribution in [-0.2, 0) is 0 Å². The van der Waals surface area contributed by atoms with Crippen LogP contribution in [0.4, 0.5) is 70.2 Å². The number of hydrogen-bond donors (Lipinski definition) is 0. The molecule has 0 amide bonds. The van der Waals surface area contributed by atoms with E-state index in [0.717, 1.165) is 0 Å². The van der Waals surface area contributed by atoms with Gasteiger partial charge in [-0.3, -0.25) is 0 Å². The van der Waals surface area contributed by atoms with E-state index in [4.69, 9.17) is 0 Å². The van der Waals surface area contributed by atoms with Crippen LogP contribution in [0.3, 0.4) is 0 Å². The maximum atomic E-state index is 12.5. The molecule has 0 spiro atoms. The molecule has 27 heavy (non-hydrogen) atoms. The largest absolute Gasteiger partial charge is 0.438 e. The smallest absolute Gasteiger partial charge is 0.215 e. The van der Waals surface area contributed by atoms with Crippen LogP contribution in [0.2, 0.25) is 0 Å². The van der Waals surface area contributed by atoms with Crippen LogP contribution in [0.1, 0.15) is 13.8 Å². The van der Waals surface area contributed by atoms with Crippen LogP contribution in [0.25, 0.3) is 0 Å². The molecule has 0 aliphatic heterocycles. The van der Waals surface area contributed by atoms with Gasteiger partial charge in [-0.2, -0.15) is 52.7 Å². The van der Waals surface area contributed by atoms with E-state index in [1.54, 1.807) is 0 Å². The second kappa shape index (κ2) is 8.16. The summed E-state index contributed by atoms with van der Waals surface area (Å²) in [5.41, 5.74) is -9.39. The summed E-state index contributed by atoms with van der Waals surface area (Å²) in [5, 5.41) is 0. The fourth-order valence-electron chi connectivity index (χ4n) is 1.20. The first-order valence-electron chi connectivity index (χ1n) is 5.77. The highest BCUT2D eigenvalue weighted by Gasteiger charge is 2.76. The first kappa shape index (κ1) is 27.6. The molecule has 0 unspecified atom stereocenters. The molecule has 0 aliphatic rings. The summed E-state index contributed by atoms with van der Waals surface area (Å²) in [4.78, 5) is 0. The van der Waals surface area contributed by atoms with E-state index in [2.05, 4.69) is 0 Å². The monoisotopic (exact) mass is 442 g/mol. The van der Waals surface area contributed by atoms with Crippen molar-refractivity contribution in [1.82, 2.24) is 0 Å². The number of alkyl halides is 13. The molecule has 162 valence electrons. The first-order valence-corrected chi connectivity index (χ1v) is 5.77. The molecular weight excluding hydrogens is 436 g/mol. The van der Waals surface area contributed by atoms with E-state index in [1.165, 1.54) is 0 Å². The van der Waals surface area contributed by atoms with Gasteiger partial charge in [-0.1, -0.05) is 0 Å². The Morgan fingerprint density at radius 1 is 0.481 bits per heavy atom. The van der Waals surface area contributed by atoms with Crippen molar-refractivity contribution in [3.63, 3.8) is 0 Å². The normalized spacial score (nSPS) is 14.9. The van der Waals surface area contributed by atoms with Gasteiger partial charge in [0, 0.05) is 0 Å². The van der Waals surface area contributed by atoms with Gasteiger partial charge in [0.05, 0.1) is 0 Å². The van der Waals surface area contributed by atoms with Crippen molar-refractivity contribution in [2.75, 3.05) is 0 Å². The van der Waals surface area contributed by atoms with Crippen molar-refractivity contribution in [3.8, 4) is 0 Å². The van der Waals surface area contributed by atoms with Crippen LogP contribution >= 0.6 is 0 Å². The lowest BCUT2D eigenvalue weighted by atomic mass is 10.0. The Labute approximate surface area is 139 Å². The van der Waals surface area contributed by atoms with Crippen molar-refractivity contribution in [1.29, 1.82) is 0 Å². The Hall–Kier alpha value is -1.64. The van der Waals surface area contributed by atoms with Crippen LogP contribution in [-0.4, -0.2) is 30.4 Å². The molecule has 0 bridgehead atoms. The zero-order valence-corrected chi connectivity index (χ0v) is 12.5. The molecule has 0 rings (SSSR count). The number of allylic oxidation sites excluding steroid dienone is 4. The number of rotatable bonds is 1. The van der Waals surface area contributed by atoms with Gasteiger partial charge in [0.1, 0.15) is 11.7 Å². The van der Waals surface area contributed by atoms with Crippen molar-refractivity contribution in [3.05, 3.63) is 23.1 Å². The molecule has 0 saturated heterocycles. The van der Waals surface area contributed by atoms with Gasteiger partial charge in [-0.25, -0.2) is 17.6 Å². The summed E-state index contributed by atoms with van der Waals surface area (Å²) >= 11 is 0. The third kappa shape index (κ3) is 6.79. The van der Waals surface area contributed by atoms with Gasteiger partial charge in [-0.15, -0.1) is 0 Å². The quantitative estimate of drug-likeness (QED) is 0.373. The van der Waals surface area contributed by atoms with Crippen molar-refractivity contribution in [2.45, 2.75) is 44.2 Å². The number of hydrogen-bond acceptors (Lipinski definition) is 0. The topological polar surface area (TPSA) is 0 Å². The highest BCUT2D eigenvalue weighted by atomic mass is 19.4. The molecule has 16 heteroatoms.